The van der Waals surface area contributed by atoms with E-state index in [2.05, 4.69) is 15.5 Å². The number of hydroxylamine groups is 1. The Morgan fingerprint density at radius 1 is 1.26 bits per heavy atom. The summed E-state index contributed by atoms with van der Waals surface area (Å²) >= 11 is 0. The van der Waals surface area contributed by atoms with Gasteiger partial charge in [-0.15, -0.1) is 0 Å². The monoisotopic (exact) mass is 396 g/mol. The Balaban J connectivity index is 1.93. The quantitative estimate of drug-likeness (QED) is 0.713. The second kappa shape index (κ2) is 8.15. The van der Waals surface area contributed by atoms with Gasteiger partial charge in [-0.05, 0) is 24.3 Å². The number of carbonyl (C=O) groups excluding carboxylic acids is 1. The van der Waals surface area contributed by atoms with Crippen LogP contribution in [0.4, 0.5) is 5.69 Å². The van der Waals surface area contributed by atoms with Crippen molar-refractivity contribution in [2.75, 3.05) is 19.5 Å². The maximum Gasteiger partial charge on any atom is 0.264 e. The molecule has 148 valence electrons. The number of hydrogen-bond donors (Lipinski definition) is 1. The molecule has 1 N–H and O–H groups in total. The zero-order chi connectivity index (χ0) is 20.2. The van der Waals surface area contributed by atoms with Gasteiger partial charge >= 0.3 is 0 Å². The van der Waals surface area contributed by atoms with Crippen molar-refractivity contribution in [2.45, 2.75) is 43.9 Å². The number of nitrogens with zero attached hydrogens (tertiary/aromatic N) is 3. The van der Waals surface area contributed by atoms with Crippen LogP contribution in [0, 0.1) is 0 Å². The van der Waals surface area contributed by atoms with Crippen LogP contribution in [0.3, 0.4) is 0 Å². The molecule has 1 heterocycles. The summed E-state index contributed by atoms with van der Waals surface area (Å²) in [7, 11) is -1.16. The van der Waals surface area contributed by atoms with Gasteiger partial charge in [-0.3, -0.25) is 9.63 Å². The molecule has 1 aromatic carbocycles. The number of hydrogen-bond acceptors (Lipinski definition) is 7. The molecular weight excluding hydrogens is 372 g/mol. The summed E-state index contributed by atoms with van der Waals surface area (Å²) in [5.41, 5.74) is 0.267. The highest BCUT2D eigenvalue weighted by Crippen LogP contribution is 2.19. The second-order valence-corrected chi connectivity index (χ2v) is 8.87. The van der Waals surface area contributed by atoms with Crippen LogP contribution in [-0.2, 0) is 31.5 Å². The van der Waals surface area contributed by atoms with E-state index in [-0.39, 0.29) is 22.6 Å². The Kier molecular flexibility index (Phi) is 6.34. The standard InChI is InChI=1S/C17H24N4O5S/c1-17(2,3)16-19-15(26-20-16)11-10-14(22)18-12-6-8-13(9-7-12)27(23,24)21(4)25-5/h6-9H,10-11H2,1-5H3,(H,18,22). The maximum absolute atomic E-state index is 12.1. The summed E-state index contributed by atoms with van der Waals surface area (Å²) < 4.78 is 30.2. The van der Waals surface area contributed by atoms with Crippen LogP contribution in [0.1, 0.15) is 38.9 Å². The number of aromatic nitrogens is 2. The van der Waals surface area contributed by atoms with Crippen LogP contribution in [0.2, 0.25) is 0 Å². The van der Waals surface area contributed by atoms with Crippen molar-refractivity contribution in [2.24, 2.45) is 0 Å². The molecule has 10 heteroatoms. The van der Waals surface area contributed by atoms with Crippen molar-refractivity contribution in [3.63, 3.8) is 0 Å². The fourth-order valence-corrected chi connectivity index (χ4v) is 3.03. The minimum atomic E-state index is -3.72. The van der Waals surface area contributed by atoms with Gasteiger partial charge in [-0.1, -0.05) is 30.4 Å². The topological polar surface area (TPSA) is 115 Å². The molecule has 0 saturated carbocycles. The summed E-state index contributed by atoms with van der Waals surface area (Å²) in [5.74, 6) is 0.755. The summed E-state index contributed by atoms with van der Waals surface area (Å²) in [6, 6.07) is 5.82. The van der Waals surface area contributed by atoms with Crippen LogP contribution >= 0.6 is 0 Å². The van der Waals surface area contributed by atoms with Gasteiger partial charge in [0.15, 0.2) is 5.82 Å². The third-order valence-corrected chi connectivity index (χ3v) is 5.43. The highest BCUT2D eigenvalue weighted by molar-refractivity contribution is 7.89. The van der Waals surface area contributed by atoms with Gasteiger partial charge < -0.3 is 9.84 Å². The van der Waals surface area contributed by atoms with Crippen molar-refractivity contribution in [1.82, 2.24) is 14.6 Å². The third-order valence-electron chi connectivity index (χ3n) is 3.74. The van der Waals surface area contributed by atoms with Crippen LogP contribution in [0.25, 0.3) is 0 Å². The summed E-state index contributed by atoms with van der Waals surface area (Å²) in [4.78, 5) is 21.1. The normalized spacial score (nSPS) is 12.4. The number of aryl methyl sites for hydroxylation is 1. The average molecular weight is 396 g/mol. The number of amides is 1. The van der Waals surface area contributed by atoms with Crippen LogP contribution in [0.5, 0.6) is 0 Å². The SMILES string of the molecule is CON(C)S(=O)(=O)c1ccc(NC(=O)CCc2nc(C(C)(C)C)no2)cc1. The first-order chi connectivity index (χ1) is 12.5. The average Bonchev–Trinajstić information content (AvgIpc) is 3.09. The molecule has 9 nitrogen and oxygen atoms in total. The van der Waals surface area contributed by atoms with Gasteiger partial charge in [-0.25, -0.2) is 8.42 Å². The minimum absolute atomic E-state index is 0.0606. The molecule has 27 heavy (non-hydrogen) atoms. The van der Waals surface area contributed by atoms with E-state index >= 15 is 0 Å². The van der Waals surface area contributed by atoms with E-state index in [0.717, 1.165) is 4.47 Å². The number of anilines is 1. The van der Waals surface area contributed by atoms with E-state index in [1.54, 1.807) is 0 Å². The van der Waals surface area contributed by atoms with E-state index in [0.29, 0.717) is 23.8 Å². The van der Waals surface area contributed by atoms with E-state index in [1.807, 2.05) is 20.8 Å². The Labute approximate surface area is 158 Å². The molecule has 0 unspecified atom stereocenters. The third kappa shape index (κ3) is 5.34. The van der Waals surface area contributed by atoms with Crippen molar-refractivity contribution in [1.29, 1.82) is 0 Å². The molecule has 0 aliphatic rings. The number of sulfonamides is 1. The molecular formula is C17H24N4O5S. The molecule has 1 aromatic heterocycles. The van der Waals surface area contributed by atoms with E-state index in [9.17, 15) is 13.2 Å². The van der Waals surface area contributed by atoms with E-state index in [1.165, 1.54) is 38.4 Å². The van der Waals surface area contributed by atoms with Crippen LogP contribution < -0.4 is 5.32 Å². The first-order valence-electron chi connectivity index (χ1n) is 8.30. The summed E-state index contributed by atoms with van der Waals surface area (Å²) in [5, 5.41) is 6.62. The lowest BCUT2D eigenvalue weighted by atomic mass is 9.96. The lowest BCUT2D eigenvalue weighted by molar-refractivity contribution is -0.116. The number of nitrogens with one attached hydrogen (secondary N) is 1. The van der Waals surface area contributed by atoms with Gasteiger partial charge in [0.05, 0.1) is 12.0 Å². The molecule has 2 rings (SSSR count). The van der Waals surface area contributed by atoms with Crippen molar-refractivity contribution >= 4 is 21.6 Å². The number of rotatable bonds is 7. The lowest BCUT2D eigenvalue weighted by Crippen LogP contribution is -2.25. The molecule has 0 bridgehead atoms. The number of carbonyl (C=O) groups is 1. The molecule has 1 amide bonds. The highest BCUT2D eigenvalue weighted by atomic mass is 32.2. The molecule has 2 aromatic rings. The molecule has 0 aliphatic heterocycles. The lowest BCUT2D eigenvalue weighted by Gasteiger charge is -2.14. The molecule has 0 saturated heterocycles. The zero-order valence-corrected chi connectivity index (χ0v) is 16.8. The van der Waals surface area contributed by atoms with Gasteiger partial charge in [0.1, 0.15) is 0 Å². The predicted molar refractivity (Wildman–Crippen MR) is 98.3 cm³/mol. The van der Waals surface area contributed by atoms with Gasteiger partial charge in [0.2, 0.25) is 11.8 Å². The highest BCUT2D eigenvalue weighted by Gasteiger charge is 2.22. The summed E-state index contributed by atoms with van der Waals surface area (Å²) in [6.45, 7) is 5.92. The molecule has 0 aliphatic carbocycles. The van der Waals surface area contributed by atoms with Crippen LogP contribution in [0.15, 0.2) is 33.7 Å². The molecule has 0 fully saturated rings. The Bertz CT molecular complexity index is 885. The fourth-order valence-electron chi connectivity index (χ4n) is 2.06. The summed E-state index contributed by atoms with van der Waals surface area (Å²) in [6.07, 6.45) is 0.484. The smallest absolute Gasteiger partial charge is 0.264 e. The largest absolute Gasteiger partial charge is 0.339 e. The predicted octanol–water partition coefficient (Wildman–Crippen LogP) is 2.12. The van der Waals surface area contributed by atoms with Gasteiger partial charge in [0.25, 0.3) is 10.0 Å². The van der Waals surface area contributed by atoms with Crippen LogP contribution in [-0.4, -0.2) is 43.1 Å². The van der Waals surface area contributed by atoms with Crippen molar-refractivity contribution in [3.8, 4) is 0 Å². The fraction of sp³-hybridized carbons (Fsp3) is 0.471. The van der Waals surface area contributed by atoms with E-state index < -0.39 is 10.0 Å². The molecule has 0 atom stereocenters. The Morgan fingerprint density at radius 3 is 2.41 bits per heavy atom. The molecule has 0 spiro atoms. The first kappa shape index (κ1) is 21.0. The van der Waals surface area contributed by atoms with Crippen molar-refractivity contribution < 1.29 is 22.6 Å². The minimum Gasteiger partial charge on any atom is -0.339 e. The Morgan fingerprint density at radius 2 is 1.89 bits per heavy atom. The maximum atomic E-state index is 12.1. The first-order valence-corrected chi connectivity index (χ1v) is 9.74. The van der Waals surface area contributed by atoms with Gasteiger partial charge in [0, 0.05) is 31.0 Å². The van der Waals surface area contributed by atoms with Gasteiger partial charge in [-0.2, -0.15) is 4.98 Å². The zero-order valence-electron chi connectivity index (χ0n) is 16.0. The van der Waals surface area contributed by atoms with E-state index in [4.69, 9.17) is 9.36 Å². The Hall–Kier alpha value is -2.30. The van der Waals surface area contributed by atoms with Crippen molar-refractivity contribution in [3.05, 3.63) is 36.0 Å². The molecule has 0 radical (unpaired) electrons. The number of benzene rings is 1. The second-order valence-electron chi connectivity index (χ2n) is 6.93.